The van der Waals surface area contributed by atoms with Gasteiger partial charge in [0.25, 0.3) is 5.91 Å². The summed E-state index contributed by atoms with van der Waals surface area (Å²) in [6.45, 7) is 0.419. The Balaban J connectivity index is 1.79. The van der Waals surface area contributed by atoms with Gasteiger partial charge in [-0.1, -0.05) is 17.7 Å². The third-order valence-corrected chi connectivity index (χ3v) is 3.76. The highest BCUT2D eigenvalue weighted by Gasteiger charge is 2.20. The Hall–Kier alpha value is -2.34. The molecule has 23 heavy (non-hydrogen) atoms. The molecule has 1 amide bonds. The first-order valence-corrected chi connectivity index (χ1v) is 7.12. The lowest BCUT2D eigenvalue weighted by molar-refractivity contribution is 0.0784. The molecular formula is C16H12ClF2NO3. The molecule has 0 N–H and O–H groups in total. The van der Waals surface area contributed by atoms with Crippen molar-refractivity contribution in [1.29, 1.82) is 0 Å². The SMILES string of the molecule is CN(Cc1ccc2c(c1)OCO2)C(=O)c1cc(F)c(F)cc1Cl. The predicted octanol–water partition coefficient (Wildman–Crippen LogP) is 3.62. The summed E-state index contributed by atoms with van der Waals surface area (Å²) in [5.41, 5.74) is 0.720. The topological polar surface area (TPSA) is 38.8 Å². The number of carbonyl (C=O) groups excluding carboxylic acids is 1. The molecule has 0 fully saturated rings. The van der Waals surface area contributed by atoms with Crippen molar-refractivity contribution in [2.75, 3.05) is 13.8 Å². The molecule has 0 spiro atoms. The Bertz CT molecular complexity index is 782. The zero-order valence-electron chi connectivity index (χ0n) is 12.1. The van der Waals surface area contributed by atoms with Gasteiger partial charge in [-0.2, -0.15) is 0 Å². The lowest BCUT2D eigenvalue weighted by Gasteiger charge is -2.18. The van der Waals surface area contributed by atoms with Crippen LogP contribution in [0.4, 0.5) is 8.78 Å². The number of fused-ring (bicyclic) bond motifs is 1. The average Bonchev–Trinajstić information content (AvgIpc) is 2.97. The monoisotopic (exact) mass is 339 g/mol. The Kier molecular flexibility index (Phi) is 4.09. The first-order chi connectivity index (χ1) is 11.0. The number of nitrogens with zero attached hydrogens (tertiary/aromatic N) is 1. The fourth-order valence-corrected chi connectivity index (χ4v) is 2.51. The van der Waals surface area contributed by atoms with E-state index in [2.05, 4.69) is 0 Å². The zero-order valence-corrected chi connectivity index (χ0v) is 12.9. The highest BCUT2D eigenvalue weighted by atomic mass is 35.5. The average molecular weight is 340 g/mol. The van der Waals surface area contributed by atoms with Gasteiger partial charge in [-0.3, -0.25) is 4.79 Å². The van der Waals surface area contributed by atoms with E-state index in [1.807, 2.05) is 0 Å². The number of carbonyl (C=O) groups is 1. The van der Waals surface area contributed by atoms with E-state index in [1.165, 1.54) is 4.90 Å². The van der Waals surface area contributed by atoms with Crippen molar-refractivity contribution in [3.8, 4) is 11.5 Å². The summed E-state index contributed by atoms with van der Waals surface area (Å²) < 4.78 is 36.9. The van der Waals surface area contributed by atoms with Crippen LogP contribution in [0.15, 0.2) is 30.3 Å². The number of rotatable bonds is 3. The molecule has 120 valence electrons. The molecule has 0 saturated carbocycles. The minimum Gasteiger partial charge on any atom is -0.454 e. The fourth-order valence-electron chi connectivity index (χ4n) is 2.28. The standard InChI is InChI=1S/C16H12ClF2NO3/c1-20(7-9-2-3-14-15(4-9)23-8-22-14)16(21)10-5-12(18)13(19)6-11(10)17/h2-6H,7-8H2,1H3. The van der Waals surface area contributed by atoms with Crippen molar-refractivity contribution in [3.05, 3.63) is 58.1 Å². The summed E-state index contributed by atoms with van der Waals surface area (Å²) in [5.74, 6) is -1.47. The quantitative estimate of drug-likeness (QED) is 0.802. The van der Waals surface area contributed by atoms with E-state index < -0.39 is 17.5 Å². The number of hydrogen-bond donors (Lipinski definition) is 0. The molecule has 3 rings (SSSR count). The van der Waals surface area contributed by atoms with Gasteiger partial charge in [0.05, 0.1) is 10.6 Å². The summed E-state index contributed by atoms with van der Waals surface area (Å²) in [7, 11) is 1.55. The van der Waals surface area contributed by atoms with Gasteiger partial charge in [0.2, 0.25) is 6.79 Å². The minimum absolute atomic E-state index is 0.0891. The summed E-state index contributed by atoms with van der Waals surface area (Å²) in [4.78, 5) is 13.7. The van der Waals surface area contributed by atoms with Gasteiger partial charge in [0, 0.05) is 13.6 Å². The second kappa shape index (κ2) is 6.04. The maximum Gasteiger partial charge on any atom is 0.255 e. The van der Waals surface area contributed by atoms with Gasteiger partial charge in [-0.05, 0) is 29.8 Å². The van der Waals surface area contributed by atoms with Gasteiger partial charge >= 0.3 is 0 Å². The number of amides is 1. The maximum atomic E-state index is 13.3. The van der Waals surface area contributed by atoms with Crippen LogP contribution < -0.4 is 9.47 Å². The fraction of sp³-hybridized carbons (Fsp3) is 0.188. The molecular weight excluding hydrogens is 328 g/mol. The van der Waals surface area contributed by atoms with Gasteiger partial charge < -0.3 is 14.4 Å². The highest BCUT2D eigenvalue weighted by molar-refractivity contribution is 6.33. The van der Waals surface area contributed by atoms with E-state index in [1.54, 1.807) is 25.2 Å². The van der Waals surface area contributed by atoms with Crippen LogP contribution in [0.25, 0.3) is 0 Å². The predicted molar refractivity (Wildman–Crippen MR) is 79.7 cm³/mol. The van der Waals surface area contributed by atoms with Gasteiger partial charge in [-0.15, -0.1) is 0 Å². The molecule has 1 aliphatic rings. The molecule has 0 saturated heterocycles. The second-order valence-electron chi connectivity index (χ2n) is 5.09. The van der Waals surface area contributed by atoms with Crippen LogP contribution in [0.1, 0.15) is 15.9 Å². The Morgan fingerprint density at radius 2 is 1.87 bits per heavy atom. The van der Waals surface area contributed by atoms with E-state index in [4.69, 9.17) is 21.1 Å². The molecule has 0 unspecified atom stereocenters. The number of hydrogen-bond acceptors (Lipinski definition) is 3. The van der Waals surface area contributed by atoms with Crippen LogP contribution in [0.5, 0.6) is 11.5 Å². The number of halogens is 3. The maximum absolute atomic E-state index is 13.3. The first kappa shape index (κ1) is 15.6. The van der Waals surface area contributed by atoms with Crippen LogP contribution in [-0.2, 0) is 6.54 Å². The molecule has 0 aliphatic carbocycles. The third kappa shape index (κ3) is 3.07. The van der Waals surface area contributed by atoms with Gasteiger partial charge in [0.15, 0.2) is 23.1 Å². The van der Waals surface area contributed by atoms with Crippen molar-refractivity contribution < 1.29 is 23.0 Å². The first-order valence-electron chi connectivity index (χ1n) is 6.74. The van der Waals surface area contributed by atoms with E-state index in [9.17, 15) is 13.6 Å². The lowest BCUT2D eigenvalue weighted by Crippen LogP contribution is -2.26. The normalized spacial score (nSPS) is 12.3. The number of benzene rings is 2. The van der Waals surface area contributed by atoms with Gasteiger partial charge in [0.1, 0.15) is 0 Å². The van der Waals surface area contributed by atoms with Crippen molar-refractivity contribution in [3.63, 3.8) is 0 Å². The number of ether oxygens (including phenoxy) is 2. The zero-order chi connectivity index (χ0) is 16.6. The summed E-state index contributed by atoms with van der Waals surface area (Å²) >= 11 is 5.83. The Morgan fingerprint density at radius 1 is 1.17 bits per heavy atom. The van der Waals surface area contributed by atoms with Crippen LogP contribution in [-0.4, -0.2) is 24.6 Å². The minimum atomic E-state index is -1.12. The summed E-state index contributed by atoms with van der Waals surface area (Å²) in [6.07, 6.45) is 0. The van der Waals surface area contributed by atoms with E-state index in [-0.39, 0.29) is 23.9 Å². The molecule has 2 aromatic carbocycles. The molecule has 0 atom stereocenters. The lowest BCUT2D eigenvalue weighted by atomic mass is 10.1. The van der Waals surface area contributed by atoms with Crippen LogP contribution >= 0.6 is 11.6 Å². The summed E-state index contributed by atoms with van der Waals surface area (Å²) in [6, 6.07) is 6.90. The second-order valence-corrected chi connectivity index (χ2v) is 5.50. The molecule has 4 nitrogen and oxygen atoms in total. The van der Waals surface area contributed by atoms with E-state index >= 15 is 0 Å². The Labute approximate surface area is 136 Å². The van der Waals surface area contributed by atoms with Crippen molar-refractivity contribution in [2.45, 2.75) is 6.54 Å². The van der Waals surface area contributed by atoms with Crippen molar-refractivity contribution in [1.82, 2.24) is 4.90 Å². The van der Waals surface area contributed by atoms with Crippen LogP contribution in [0.3, 0.4) is 0 Å². The van der Waals surface area contributed by atoms with Crippen LogP contribution in [0, 0.1) is 11.6 Å². The largest absolute Gasteiger partial charge is 0.454 e. The molecule has 0 aromatic heterocycles. The third-order valence-electron chi connectivity index (χ3n) is 3.44. The van der Waals surface area contributed by atoms with Crippen molar-refractivity contribution >= 4 is 17.5 Å². The smallest absolute Gasteiger partial charge is 0.255 e. The summed E-state index contributed by atoms with van der Waals surface area (Å²) in [5, 5.41) is -0.133. The molecule has 0 radical (unpaired) electrons. The van der Waals surface area contributed by atoms with E-state index in [0.29, 0.717) is 11.5 Å². The highest BCUT2D eigenvalue weighted by Crippen LogP contribution is 2.33. The van der Waals surface area contributed by atoms with Crippen LogP contribution in [0.2, 0.25) is 5.02 Å². The molecule has 1 heterocycles. The van der Waals surface area contributed by atoms with E-state index in [0.717, 1.165) is 17.7 Å². The Morgan fingerprint density at radius 3 is 2.65 bits per heavy atom. The molecule has 1 aliphatic heterocycles. The van der Waals surface area contributed by atoms with Crippen molar-refractivity contribution in [2.24, 2.45) is 0 Å². The molecule has 2 aromatic rings. The molecule has 0 bridgehead atoms. The van der Waals surface area contributed by atoms with Gasteiger partial charge in [-0.25, -0.2) is 8.78 Å². The molecule has 7 heteroatoms.